The van der Waals surface area contributed by atoms with Gasteiger partial charge in [0, 0.05) is 10.9 Å². The highest BCUT2D eigenvalue weighted by atomic mass is 35.5. The van der Waals surface area contributed by atoms with Crippen LogP contribution in [0.15, 0.2) is 28.7 Å². The molecule has 0 aliphatic heterocycles. The number of carbonyl (C=O) groups is 2. The molecule has 13 heteroatoms. The molecule has 35 heavy (non-hydrogen) atoms. The second kappa shape index (κ2) is 10.3. The lowest BCUT2D eigenvalue weighted by molar-refractivity contribution is 0.0942. The summed E-state index contributed by atoms with van der Waals surface area (Å²) in [5.41, 5.74) is 1.30. The van der Waals surface area contributed by atoms with E-state index in [0.717, 1.165) is 12.1 Å². The Morgan fingerprint density at radius 3 is 2.69 bits per heavy atom. The number of oxazole rings is 1. The third-order valence-electron chi connectivity index (χ3n) is 4.95. The fourth-order valence-corrected chi connectivity index (χ4v) is 4.03. The first-order chi connectivity index (χ1) is 16.7. The summed E-state index contributed by atoms with van der Waals surface area (Å²) in [6, 6.07) is 4.68. The first-order valence-corrected chi connectivity index (χ1v) is 11.6. The molecule has 3 heterocycles. The Labute approximate surface area is 207 Å². The van der Waals surface area contributed by atoms with E-state index < -0.39 is 23.4 Å². The van der Waals surface area contributed by atoms with Gasteiger partial charge in [-0.1, -0.05) is 18.5 Å². The van der Waals surface area contributed by atoms with Crippen LogP contribution < -0.4 is 10.6 Å². The highest BCUT2D eigenvalue weighted by Gasteiger charge is 2.18. The van der Waals surface area contributed by atoms with Crippen molar-refractivity contribution in [3.8, 4) is 0 Å². The summed E-state index contributed by atoms with van der Waals surface area (Å²) in [7, 11) is 0. The summed E-state index contributed by atoms with van der Waals surface area (Å²) >= 11 is 7.26. The largest absolute Gasteiger partial charge is 0.443 e. The molecule has 0 saturated heterocycles. The molecule has 0 saturated carbocycles. The Bertz CT molecular complexity index is 1400. The normalized spacial score (nSPS) is 11.0. The lowest BCUT2D eigenvalue weighted by Gasteiger charge is -2.05. The predicted molar refractivity (Wildman–Crippen MR) is 125 cm³/mol. The van der Waals surface area contributed by atoms with Crippen LogP contribution in [0.3, 0.4) is 0 Å². The first kappa shape index (κ1) is 24.5. The standard InChI is InChI=1S/C22H19ClF2N6O3S/c1-3-12-4-11(31-35-12)5-20-27-10(2)18(34-20)9-26-22(33)17-8-19(30-29-17)28-21(32)13-6-15(24)16(25)7-14(13)23/h4,6-8H,3,5,9H2,1-2H3,(H,26,33)(H2,28,29,30,32). The van der Waals surface area contributed by atoms with E-state index in [9.17, 15) is 18.4 Å². The number of carbonyl (C=O) groups excluding carboxylic acids is 2. The average molecular weight is 521 g/mol. The molecular weight excluding hydrogens is 502 g/mol. The van der Waals surface area contributed by atoms with Crippen LogP contribution in [0.2, 0.25) is 5.02 Å². The molecule has 0 fully saturated rings. The van der Waals surface area contributed by atoms with Crippen molar-refractivity contribution < 1.29 is 22.8 Å². The highest BCUT2D eigenvalue weighted by Crippen LogP contribution is 2.21. The Kier molecular flexibility index (Phi) is 7.22. The predicted octanol–water partition coefficient (Wildman–Crippen LogP) is 4.43. The van der Waals surface area contributed by atoms with E-state index in [1.54, 1.807) is 6.92 Å². The number of H-pyrrole nitrogens is 1. The maximum absolute atomic E-state index is 13.4. The quantitative estimate of drug-likeness (QED) is 0.295. The molecule has 3 N–H and O–H groups in total. The zero-order chi connectivity index (χ0) is 25.1. The second-order valence-corrected chi connectivity index (χ2v) is 8.78. The fourth-order valence-electron chi connectivity index (χ4n) is 3.13. The topological polar surface area (TPSA) is 126 Å². The number of halogens is 3. The number of nitrogens with one attached hydrogen (secondary N) is 3. The number of amides is 2. The zero-order valence-corrected chi connectivity index (χ0v) is 20.1. The SMILES string of the molecule is CCc1cc(Cc2nc(C)c(CNC(=O)c3cc(NC(=O)c4cc(F)c(F)cc4Cl)n[nH]3)o2)ns1. The van der Waals surface area contributed by atoms with Gasteiger partial charge in [-0.25, -0.2) is 13.8 Å². The maximum atomic E-state index is 13.4. The van der Waals surface area contributed by atoms with Crippen molar-refractivity contribution in [2.45, 2.75) is 33.2 Å². The minimum Gasteiger partial charge on any atom is -0.443 e. The molecule has 0 unspecified atom stereocenters. The van der Waals surface area contributed by atoms with Crippen LogP contribution in [-0.4, -0.2) is 31.4 Å². The molecular formula is C22H19ClF2N6O3S. The molecule has 1 aromatic carbocycles. The third-order valence-corrected chi connectivity index (χ3v) is 6.23. The number of benzene rings is 1. The molecule has 0 bridgehead atoms. The first-order valence-electron chi connectivity index (χ1n) is 10.4. The Hall–Kier alpha value is -3.64. The highest BCUT2D eigenvalue weighted by molar-refractivity contribution is 7.05. The summed E-state index contributed by atoms with van der Waals surface area (Å²) in [6.45, 7) is 3.92. The molecule has 0 aliphatic carbocycles. The molecule has 0 atom stereocenters. The number of hydrogen-bond acceptors (Lipinski definition) is 7. The van der Waals surface area contributed by atoms with Crippen LogP contribution in [0, 0.1) is 18.6 Å². The zero-order valence-electron chi connectivity index (χ0n) is 18.5. The van der Waals surface area contributed by atoms with Crippen molar-refractivity contribution in [2.24, 2.45) is 0 Å². The van der Waals surface area contributed by atoms with Gasteiger partial charge >= 0.3 is 0 Å². The smallest absolute Gasteiger partial charge is 0.269 e. The summed E-state index contributed by atoms with van der Waals surface area (Å²) in [5.74, 6) is -2.72. The van der Waals surface area contributed by atoms with Gasteiger partial charge in [0.25, 0.3) is 11.8 Å². The van der Waals surface area contributed by atoms with Crippen molar-refractivity contribution in [2.75, 3.05) is 5.32 Å². The summed E-state index contributed by atoms with van der Waals surface area (Å²) in [6.07, 6.45) is 1.37. The Morgan fingerprint density at radius 2 is 1.94 bits per heavy atom. The van der Waals surface area contributed by atoms with Crippen molar-refractivity contribution in [3.05, 3.63) is 80.1 Å². The van der Waals surface area contributed by atoms with E-state index in [-0.39, 0.29) is 28.6 Å². The number of aromatic amines is 1. The van der Waals surface area contributed by atoms with Crippen LogP contribution >= 0.6 is 23.1 Å². The van der Waals surface area contributed by atoms with Crippen LogP contribution in [-0.2, 0) is 19.4 Å². The molecule has 2 amide bonds. The number of anilines is 1. The molecule has 0 spiro atoms. The number of nitrogens with zero attached hydrogens (tertiary/aromatic N) is 3. The van der Waals surface area contributed by atoms with Gasteiger partial charge in [-0.05, 0) is 43.1 Å². The summed E-state index contributed by atoms with van der Waals surface area (Å²) < 4.78 is 36.8. The van der Waals surface area contributed by atoms with Crippen LogP contribution in [0.5, 0.6) is 0 Å². The van der Waals surface area contributed by atoms with Gasteiger partial charge < -0.3 is 15.1 Å². The van der Waals surface area contributed by atoms with E-state index in [0.29, 0.717) is 35.9 Å². The average Bonchev–Trinajstić information content (AvgIpc) is 3.55. The van der Waals surface area contributed by atoms with Gasteiger partial charge in [-0.15, -0.1) is 0 Å². The van der Waals surface area contributed by atoms with Crippen molar-refractivity contribution in [1.29, 1.82) is 0 Å². The lowest BCUT2D eigenvalue weighted by Crippen LogP contribution is -2.23. The summed E-state index contributed by atoms with van der Waals surface area (Å²) in [5, 5.41) is 11.1. The van der Waals surface area contributed by atoms with E-state index in [1.165, 1.54) is 22.5 Å². The van der Waals surface area contributed by atoms with Crippen molar-refractivity contribution >= 4 is 40.8 Å². The second-order valence-electron chi connectivity index (χ2n) is 7.48. The lowest BCUT2D eigenvalue weighted by atomic mass is 10.2. The van der Waals surface area contributed by atoms with Crippen molar-refractivity contribution in [3.63, 3.8) is 0 Å². The number of rotatable bonds is 8. The maximum Gasteiger partial charge on any atom is 0.269 e. The monoisotopic (exact) mass is 520 g/mol. The van der Waals surface area contributed by atoms with Gasteiger partial charge in [0.2, 0.25) is 5.89 Å². The van der Waals surface area contributed by atoms with E-state index in [2.05, 4.69) is 37.1 Å². The number of hydrogen-bond donors (Lipinski definition) is 3. The number of aromatic nitrogens is 4. The fraction of sp³-hybridized carbons (Fsp3) is 0.227. The van der Waals surface area contributed by atoms with Gasteiger partial charge in [0.15, 0.2) is 17.5 Å². The Morgan fingerprint density at radius 1 is 1.17 bits per heavy atom. The van der Waals surface area contributed by atoms with Gasteiger partial charge in [0.05, 0.1) is 34.9 Å². The van der Waals surface area contributed by atoms with E-state index in [4.69, 9.17) is 16.0 Å². The summed E-state index contributed by atoms with van der Waals surface area (Å²) in [4.78, 5) is 30.4. The molecule has 4 aromatic rings. The Balaban J connectivity index is 1.35. The minimum absolute atomic E-state index is 0.00575. The van der Waals surface area contributed by atoms with Crippen LogP contribution in [0.4, 0.5) is 14.6 Å². The van der Waals surface area contributed by atoms with Crippen molar-refractivity contribution in [1.82, 2.24) is 24.9 Å². The minimum atomic E-state index is -1.22. The number of aryl methyl sites for hydroxylation is 2. The van der Waals surface area contributed by atoms with E-state index >= 15 is 0 Å². The molecule has 3 aromatic heterocycles. The van der Waals surface area contributed by atoms with Crippen LogP contribution in [0.1, 0.15) is 55.7 Å². The van der Waals surface area contributed by atoms with Gasteiger partial charge in [-0.2, -0.15) is 9.47 Å². The third kappa shape index (κ3) is 5.72. The molecule has 4 rings (SSSR count). The van der Waals surface area contributed by atoms with Crippen LogP contribution in [0.25, 0.3) is 0 Å². The van der Waals surface area contributed by atoms with Gasteiger partial charge in [-0.3, -0.25) is 14.7 Å². The molecule has 182 valence electrons. The molecule has 0 radical (unpaired) electrons. The molecule has 9 nitrogen and oxygen atoms in total. The van der Waals surface area contributed by atoms with Gasteiger partial charge in [0.1, 0.15) is 11.5 Å². The molecule has 0 aliphatic rings. The van der Waals surface area contributed by atoms with E-state index in [1.807, 2.05) is 6.07 Å².